The van der Waals surface area contributed by atoms with Crippen LogP contribution in [0, 0.1) is 6.92 Å². The van der Waals surface area contributed by atoms with E-state index in [0.717, 1.165) is 62.2 Å². The zero-order valence-electron chi connectivity index (χ0n) is 17.6. The third-order valence-electron chi connectivity index (χ3n) is 5.73. The van der Waals surface area contributed by atoms with Crippen LogP contribution in [0.2, 0.25) is 0 Å². The van der Waals surface area contributed by atoms with Crippen LogP contribution in [0.3, 0.4) is 0 Å². The number of hydrogen-bond acceptors (Lipinski definition) is 7. The van der Waals surface area contributed by atoms with Crippen molar-refractivity contribution in [1.82, 2.24) is 9.97 Å². The zero-order chi connectivity index (χ0) is 20.3. The van der Waals surface area contributed by atoms with Crippen LogP contribution in [0.4, 0.5) is 23.1 Å². The summed E-state index contributed by atoms with van der Waals surface area (Å²) in [5.74, 6) is 1.20. The number of anilines is 4. The molecule has 2 aliphatic rings. The Kier molecular flexibility index (Phi) is 5.87. The molecule has 2 saturated heterocycles. The fourth-order valence-electron chi connectivity index (χ4n) is 4.08. The molecule has 4 rings (SSSR count). The predicted molar refractivity (Wildman–Crippen MR) is 116 cm³/mol. The fraction of sp³-hybridized carbons (Fsp3) is 0.545. The molecular formula is C22H31N5O2. The first-order chi connectivity index (χ1) is 14.1. The van der Waals surface area contributed by atoms with E-state index >= 15 is 0 Å². The molecule has 2 aromatic rings. The molecule has 7 heteroatoms. The van der Waals surface area contributed by atoms with Gasteiger partial charge in [-0.15, -0.1) is 0 Å². The van der Waals surface area contributed by atoms with E-state index in [4.69, 9.17) is 14.5 Å². The predicted octanol–water partition coefficient (Wildman–Crippen LogP) is 3.72. The highest BCUT2D eigenvalue weighted by Crippen LogP contribution is 2.32. The number of ether oxygens (including phenoxy) is 2. The van der Waals surface area contributed by atoms with Crippen molar-refractivity contribution < 1.29 is 9.47 Å². The van der Waals surface area contributed by atoms with Crippen molar-refractivity contribution in [3.05, 3.63) is 36.0 Å². The van der Waals surface area contributed by atoms with Gasteiger partial charge in [0.25, 0.3) is 0 Å². The largest absolute Gasteiger partial charge is 0.372 e. The summed E-state index contributed by atoms with van der Waals surface area (Å²) in [6, 6.07) is 10.5. The molecule has 156 valence electrons. The maximum Gasteiger partial charge on any atom is 0.227 e. The number of piperidine rings is 1. The summed E-state index contributed by atoms with van der Waals surface area (Å²) < 4.78 is 11.7. The number of hydrogen-bond donors (Lipinski definition) is 1. The minimum atomic E-state index is -0.381. The number of aromatic nitrogens is 2. The SMILES string of the molecule is CCN(CC)c1ccc(Nc2cc(C)nc(N3CCC4(CC3)OCCO4)n2)cc1. The Morgan fingerprint density at radius 2 is 1.69 bits per heavy atom. The fourth-order valence-corrected chi connectivity index (χ4v) is 4.08. The van der Waals surface area contributed by atoms with Crippen molar-refractivity contribution in [2.75, 3.05) is 54.5 Å². The van der Waals surface area contributed by atoms with Gasteiger partial charge in [0.05, 0.1) is 13.2 Å². The molecule has 0 radical (unpaired) electrons. The summed E-state index contributed by atoms with van der Waals surface area (Å²) >= 11 is 0. The monoisotopic (exact) mass is 397 g/mol. The second kappa shape index (κ2) is 8.55. The first-order valence-electron chi connectivity index (χ1n) is 10.6. The molecule has 0 saturated carbocycles. The van der Waals surface area contributed by atoms with Gasteiger partial charge in [0.15, 0.2) is 5.79 Å². The molecule has 0 unspecified atom stereocenters. The van der Waals surface area contributed by atoms with E-state index in [-0.39, 0.29) is 5.79 Å². The molecule has 1 N–H and O–H groups in total. The van der Waals surface area contributed by atoms with Crippen molar-refractivity contribution in [3.63, 3.8) is 0 Å². The van der Waals surface area contributed by atoms with Gasteiger partial charge in [-0.25, -0.2) is 4.98 Å². The van der Waals surface area contributed by atoms with E-state index in [1.165, 1.54) is 5.69 Å². The number of nitrogens with zero attached hydrogens (tertiary/aromatic N) is 4. The third kappa shape index (κ3) is 4.46. The van der Waals surface area contributed by atoms with Crippen molar-refractivity contribution in [2.24, 2.45) is 0 Å². The lowest BCUT2D eigenvalue weighted by Crippen LogP contribution is -2.45. The van der Waals surface area contributed by atoms with Crippen LogP contribution in [0.25, 0.3) is 0 Å². The quantitative estimate of drug-likeness (QED) is 0.797. The summed E-state index contributed by atoms with van der Waals surface area (Å²) in [6.45, 7) is 11.4. The molecule has 1 aromatic heterocycles. The number of aryl methyl sites for hydroxylation is 1. The number of benzene rings is 1. The maximum absolute atomic E-state index is 5.83. The third-order valence-corrected chi connectivity index (χ3v) is 5.73. The van der Waals surface area contributed by atoms with E-state index in [9.17, 15) is 0 Å². The molecule has 7 nitrogen and oxygen atoms in total. The maximum atomic E-state index is 5.83. The second-order valence-electron chi connectivity index (χ2n) is 7.63. The zero-order valence-corrected chi connectivity index (χ0v) is 17.6. The van der Waals surface area contributed by atoms with E-state index in [1.54, 1.807) is 0 Å². The topological polar surface area (TPSA) is 62.8 Å². The van der Waals surface area contributed by atoms with Crippen LogP contribution in [-0.4, -0.2) is 55.1 Å². The molecule has 2 aliphatic heterocycles. The average Bonchev–Trinajstić information content (AvgIpc) is 3.18. The highest BCUT2D eigenvalue weighted by Gasteiger charge is 2.40. The van der Waals surface area contributed by atoms with E-state index < -0.39 is 0 Å². The Morgan fingerprint density at radius 3 is 2.31 bits per heavy atom. The van der Waals surface area contributed by atoms with Crippen LogP contribution in [-0.2, 0) is 9.47 Å². The van der Waals surface area contributed by atoms with E-state index in [1.807, 2.05) is 13.0 Å². The molecule has 29 heavy (non-hydrogen) atoms. The van der Waals surface area contributed by atoms with Gasteiger partial charge < -0.3 is 24.6 Å². The smallest absolute Gasteiger partial charge is 0.227 e. The molecule has 0 bridgehead atoms. The van der Waals surface area contributed by atoms with Gasteiger partial charge >= 0.3 is 0 Å². The Morgan fingerprint density at radius 1 is 1.03 bits per heavy atom. The molecule has 2 fully saturated rings. The van der Waals surface area contributed by atoms with Gasteiger partial charge in [0.2, 0.25) is 5.95 Å². The highest BCUT2D eigenvalue weighted by atomic mass is 16.7. The van der Waals surface area contributed by atoms with Crippen molar-refractivity contribution >= 4 is 23.1 Å². The van der Waals surface area contributed by atoms with Crippen LogP contribution in [0.15, 0.2) is 30.3 Å². The van der Waals surface area contributed by atoms with Gasteiger partial charge in [-0.3, -0.25) is 0 Å². The Hall–Kier alpha value is -2.38. The van der Waals surface area contributed by atoms with Gasteiger partial charge in [-0.05, 0) is 45.0 Å². The van der Waals surface area contributed by atoms with Gasteiger partial charge in [-0.2, -0.15) is 4.98 Å². The summed E-state index contributed by atoms with van der Waals surface area (Å²) in [5, 5.41) is 3.43. The van der Waals surface area contributed by atoms with E-state index in [2.05, 4.69) is 58.2 Å². The van der Waals surface area contributed by atoms with Crippen LogP contribution >= 0.6 is 0 Å². The second-order valence-corrected chi connectivity index (χ2v) is 7.63. The minimum absolute atomic E-state index is 0.381. The van der Waals surface area contributed by atoms with Crippen LogP contribution in [0.1, 0.15) is 32.4 Å². The van der Waals surface area contributed by atoms with Gasteiger partial charge in [-0.1, -0.05) is 0 Å². The lowest BCUT2D eigenvalue weighted by Gasteiger charge is -2.37. The lowest BCUT2D eigenvalue weighted by atomic mass is 10.0. The summed E-state index contributed by atoms with van der Waals surface area (Å²) in [7, 11) is 0. The van der Waals surface area contributed by atoms with Crippen LogP contribution < -0.4 is 15.1 Å². The van der Waals surface area contributed by atoms with Crippen molar-refractivity contribution in [2.45, 2.75) is 39.4 Å². The summed E-state index contributed by atoms with van der Waals surface area (Å²) in [4.78, 5) is 14.0. The van der Waals surface area contributed by atoms with Crippen molar-refractivity contribution in [1.29, 1.82) is 0 Å². The molecule has 0 atom stereocenters. The van der Waals surface area contributed by atoms with E-state index in [0.29, 0.717) is 13.2 Å². The lowest BCUT2D eigenvalue weighted by molar-refractivity contribution is -0.169. The Bertz CT molecular complexity index is 806. The average molecular weight is 398 g/mol. The minimum Gasteiger partial charge on any atom is -0.372 e. The standard InChI is InChI=1S/C22H31N5O2/c1-4-26(5-2)19-8-6-18(7-9-19)24-20-16-17(3)23-21(25-20)27-12-10-22(11-13-27)28-14-15-29-22/h6-9,16H,4-5,10-15H2,1-3H3,(H,23,24,25). The summed E-state index contributed by atoms with van der Waals surface area (Å²) in [5.41, 5.74) is 3.21. The molecule has 1 aromatic carbocycles. The number of rotatable bonds is 6. The molecule has 3 heterocycles. The normalized spacial score (nSPS) is 18.2. The highest BCUT2D eigenvalue weighted by molar-refractivity contribution is 5.61. The van der Waals surface area contributed by atoms with Gasteiger partial charge in [0.1, 0.15) is 5.82 Å². The van der Waals surface area contributed by atoms with Gasteiger partial charge in [0, 0.05) is 62.2 Å². The molecule has 0 amide bonds. The summed E-state index contributed by atoms with van der Waals surface area (Å²) in [6.07, 6.45) is 1.69. The molecule has 0 aliphatic carbocycles. The first-order valence-corrected chi connectivity index (χ1v) is 10.6. The van der Waals surface area contributed by atoms with Crippen molar-refractivity contribution in [3.8, 4) is 0 Å². The Labute approximate surface area is 173 Å². The molecular weight excluding hydrogens is 366 g/mol. The molecule has 1 spiro atoms. The number of nitrogens with one attached hydrogen (secondary N) is 1. The Balaban J connectivity index is 1.45. The first kappa shape index (κ1) is 19.9. The van der Waals surface area contributed by atoms with Crippen LogP contribution in [0.5, 0.6) is 0 Å².